The Morgan fingerprint density at radius 2 is 2.11 bits per heavy atom. The number of hydrogen-bond acceptors (Lipinski definition) is 3. The number of likely N-dealkylation sites (tertiary alicyclic amines) is 1. The van der Waals surface area contributed by atoms with E-state index in [2.05, 4.69) is 35.0 Å². The summed E-state index contributed by atoms with van der Waals surface area (Å²) in [7, 11) is 0. The maximum absolute atomic E-state index is 5.82. The summed E-state index contributed by atoms with van der Waals surface area (Å²) in [6.45, 7) is 5.32. The van der Waals surface area contributed by atoms with Gasteiger partial charge in [-0.05, 0) is 30.2 Å². The van der Waals surface area contributed by atoms with Crippen molar-refractivity contribution in [2.24, 2.45) is 0 Å². The highest BCUT2D eigenvalue weighted by atomic mass is 16.3. The summed E-state index contributed by atoms with van der Waals surface area (Å²) in [5.41, 5.74) is 1.35. The van der Waals surface area contributed by atoms with E-state index in [1.54, 1.807) is 0 Å². The van der Waals surface area contributed by atoms with Crippen LogP contribution in [0.2, 0.25) is 0 Å². The Kier molecular flexibility index (Phi) is 3.65. The number of nitrogens with zero attached hydrogens (tertiary/aromatic N) is 2. The van der Waals surface area contributed by atoms with Crippen LogP contribution in [0.3, 0.4) is 0 Å². The Labute approximate surface area is 114 Å². The molecule has 2 aromatic rings. The van der Waals surface area contributed by atoms with Crippen LogP contribution in [0.25, 0.3) is 0 Å². The number of aromatic nitrogens is 1. The van der Waals surface area contributed by atoms with Crippen LogP contribution < -0.4 is 0 Å². The molecule has 3 heterocycles. The second-order valence-corrected chi connectivity index (χ2v) is 5.30. The van der Waals surface area contributed by atoms with E-state index in [1.165, 1.54) is 5.56 Å². The first-order valence-corrected chi connectivity index (χ1v) is 7.05. The molecule has 0 N–H and O–H groups in total. The lowest BCUT2D eigenvalue weighted by molar-refractivity contribution is 0.128. The summed E-state index contributed by atoms with van der Waals surface area (Å²) in [6, 6.07) is 8.41. The van der Waals surface area contributed by atoms with Crippen molar-refractivity contribution in [3.63, 3.8) is 0 Å². The Hall–Kier alpha value is -1.61. The van der Waals surface area contributed by atoms with Gasteiger partial charge in [0.25, 0.3) is 0 Å². The van der Waals surface area contributed by atoms with E-state index < -0.39 is 0 Å². The third kappa shape index (κ3) is 2.87. The summed E-state index contributed by atoms with van der Waals surface area (Å²) >= 11 is 0. The van der Waals surface area contributed by atoms with Gasteiger partial charge in [-0.25, -0.2) is 0 Å². The van der Waals surface area contributed by atoms with E-state index in [0.29, 0.717) is 5.92 Å². The Balaban J connectivity index is 1.51. The minimum absolute atomic E-state index is 0.638. The van der Waals surface area contributed by atoms with Gasteiger partial charge in [0.15, 0.2) is 0 Å². The first-order chi connectivity index (χ1) is 9.35. The first kappa shape index (κ1) is 12.4. The third-order valence-electron chi connectivity index (χ3n) is 3.71. The largest absolute Gasteiger partial charge is 0.465 e. The van der Waals surface area contributed by atoms with Crippen molar-refractivity contribution in [1.29, 1.82) is 0 Å². The first-order valence-electron chi connectivity index (χ1n) is 7.05. The molecule has 100 valence electrons. The predicted octanol–water partition coefficient (Wildman–Crippen LogP) is 3.23. The summed E-state index contributed by atoms with van der Waals surface area (Å²) in [6.07, 6.45) is 5.99. The molecule has 0 aliphatic carbocycles. The van der Waals surface area contributed by atoms with Crippen LogP contribution in [0.15, 0.2) is 41.1 Å². The molecule has 1 aliphatic rings. The van der Waals surface area contributed by atoms with Gasteiger partial charge in [-0.2, -0.15) is 0 Å². The molecular weight excluding hydrogens is 236 g/mol. The fourth-order valence-electron chi connectivity index (χ4n) is 2.64. The third-order valence-corrected chi connectivity index (χ3v) is 3.71. The maximum Gasteiger partial charge on any atom is 0.118 e. The maximum atomic E-state index is 5.82. The van der Waals surface area contributed by atoms with E-state index in [9.17, 15) is 0 Å². The van der Waals surface area contributed by atoms with Crippen LogP contribution in [0.1, 0.15) is 36.3 Å². The lowest BCUT2D eigenvalue weighted by Crippen LogP contribution is -2.44. The van der Waals surface area contributed by atoms with E-state index in [1.807, 2.05) is 18.5 Å². The van der Waals surface area contributed by atoms with E-state index in [4.69, 9.17) is 4.42 Å². The van der Waals surface area contributed by atoms with Gasteiger partial charge in [0.05, 0.1) is 6.54 Å². The van der Waals surface area contributed by atoms with Gasteiger partial charge >= 0.3 is 0 Å². The fourth-order valence-corrected chi connectivity index (χ4v) is 2.64. The highest BCUT2D eigenvalue weighted by Gasteiger charge is 2.28. The SMILES string of the molecule is CCCc1ccc(CN2CC(c3cccnc3)C2)o1. The van der Waals surface area contributed by atoms with Gasteiger partial charge < -0.3 is 4.42 Å². The minimum Gasteiger partial charge on any atom is -0.465 e. The second-order valence-electron chi connectivity index (χ2n) is 5.30. The standard InChI is InChI=1S/C16H20N2O/c1-2-4-15-6-7-16(19-15)12-18-10-14(11-18)13-5-3-8-17-9-13/h3,5-9,14H,2,4,10-12H2,1H3. The molecule has 1 saturated heterocycles. The van der Waals surface area contributed by atoms with Gasteiger partial charge in [0.2, 0.25) is 0 Å². The van der Waals surface area contributed by atoms with Gasteiger partial charge in [0, 0.05) is 37.8 Å². The van der Waals surface area contributed by atoms with E-state index in [-0.39, 0.29) is 0 Å². The molecule has 0 amide bonds. The molecule has 0 spiro atoms. The molecule has 19 heavy (non-hydrogen) atoms. The molecule has 3 rings (SSSR count). The highest BCUT2D eigenvalue weighted by molar-refractivity contribution is 5.19. The molecule has 2 aromatic heterocycles. The Morgan fingerprint density at radius 1 is 1.26 bits per heavy atom. The van der Waals surface area contributed by atoms with Gasteiger partial charge in [-0.1, -0.05) is 13.0 Å². The molecule has 1 fully saturated rings. The lowest BCUT2D eigenvalue weighted by atomic mass is 9.93. The zero-order valence-corrected chi connectivity index (χ0v) is 11.4. The normalized spacial score (nSPS) is 16.5. The molecule has 3 heteroatoms. The zero-order chi connectivity index (χ0) is 13.1. The van der Waals surface area contributed by atoms with E-state index >= 15 is 0 Å². The Morgan fingerprint density at radius 3 is 2.84 bits per heavy atom. The van der Waals surface area contributed by atoms with Crippen LogP contribution in [0, 0.1) is 0 Å². The average molecular weight is 256 g/mol. The summed E-state index contributed by atoms with van der Waals surface area (Å²) in [5, 5.41) is 0. The fraction of sp³-hybridized carbons (Fsp3) is 0.438. The van der Waals surface area contributed by atoms with Crippen molar-refractivity contribution in [3.05, 3.63) is 53.7 Å². The quantitative estimate of drug-likeness (QED) is 0.822. The molecule has 0 aromatic carbocycles. The lowest BCUT2D eigenvalue weighted by Gasteiger charge is -2.38. The van der Waals surface area contributed by atoms with Crippen molar-refractivity contribution in [2.45, 2.75) is 32.2 Å². The van der Waals surface area contributed by atoms with Crippen LogP contribution in [-0.2, 0) is 13.0 Å². The predicted molar refractivity (Wildman–Crippen MR) is 75.0 cm³/mol. The summed E-state index contributed by atoms with van der Waals surface area (Å²) in [4.78, 5) is 6.61. The number of pyridine rings is 1. The molecule has 0 bridgehead atoms. The second kappa shape index (κ2) is 5.57. The average Bonchev–Trinajstić information content (AvgIpc) is 2.82. The topological polar surface area (TPSA) is 29.3 Å². The van der Waals surface area contributed by atoms with Gasteiger partial charge in [0.1, 0.15) is 11.5 Å². The zero-order valence-electron chi connectivity index (χ0n) is 11.4. The molecule has 3 nitrogen and oxygen atoms in total. The summed E-state index contributed by atoms with van der Waals surface area (Å²) < 4.78 is 5.82. The van der Waals surface area contributed by atoms with Crippen molar-refractivity contribution < 1.29 is 4.42 Å². The Bertz CT molecular complexity index is 515. The molecular formula is C16H20N2O. The van der Waals surface area contributed by atoms with Crippen LogP contribution in [0.4, 0.5) is 0 Å². The van der Waals surface area contributed by atoms with Crippen molar-refractivity contribution in [2.75, 3.05) is 13.1 Å². The van der Waals surface area contributed by atoms with Gasteiger partial charge in [-0.3, -0.25) is 9.88 Å². The number of aryl methyl sites for hydroxylation is 1. The molecule has 1 aliphatic heterocycles. The molecule has 0 saturated carbocycles. The molecule has 0 atom stereocenters. The van der Waals surface area contributed by atoms with Crippen LogP contribution >= 0.6 is 0 Å². The smallest absolute Gasteiger partial charge is 0.118 e. The summed E-state index contributed by atoms with van der Waals surface area (Å²) in [5.74, 6) is 2.84. The van der Waals surface area contributed by atoms with Crippen LogP contribution in [-0.4, -0.2) is 23.0 Å². The van der Waals surface area contributed by atoms with Crippen molar-refractivity contribution in [3.8, 4) is 0 Å². The molecule has 0 radical (unpaired) electrons. The van der Waals surface area contributed by atoms with Gasteiger partial charge in [-0.15, -0.1) is 0 Å². The minimum atomic E-state index is 0.638. The van der Waals surface area contributed by atoms with Crippen LogP contribution in [0.5, 0.6) is 0 Å². The number of hydrogen-bond donors (Lipinski definition) is 0. The molecule has 0 unspecified atom stereocenters. The monoisotopic (exact) mass is 256 g/mol. The number of furan rings is 1. The van der Waals surface area contributed by atoms with E-state index in [0.717, 1.165) is 44.0 Å². The van der Waals surface area contributed by atoms with Crippen molar-refractivity contribution >= 4 is 0 Å². The van der Waals surface area contributed by atoms with Crippen molar-refractivity contribution in [1.82, 2.24) is 9.88 Å². The number of rotatable bonds is 5. The highest BCUT2D eigenvalue weighted by Crippen LogP contribution is 2.28.